The Morgan fingerprint density at radius 2 is 1.79 bits per heavy atom. The van der Waals surface area contributed by atoms with Gasteiger partial charge < -0.3 is 25.3 Å². The van der Waals surface area contributed by atoms with Gasteiger partial charge in [0, 0.05) is 0 Å². The van der Waals surface area contributed by atoms with Crippen LogP contribution in [0.4, 0.5) is 0 Å². The number of aliphatic carboxylic acids is 1. The monoisotopic (exact) mass is 226 g/mol. The molecule has 0 spiro atoms. The highest BCUT2D eigenvalue weighted by Gasteiger charge is 2.57. The first-order chi connectivity index (χ1) is 6.47. The molecule has 0 saturated heterocycles. The first-order valence-electron chi connectivity index (χ1n) is 3.67. The van der Waals surface area contributed by atoms with Crippen molar-refractivity contribution in [3.63, 3.8) is 0 Å². The zero-order chi connectivity index (χ0) is 11.4. The van der Waals surface area contributed by atoms with Crippen LogP contribution in [-0.2, 0) is 9.36 Å². The van der Waals surface area contributed by atoms with E-state index >= 15 is 0 Å². The van der Waals surface area contributed by atoms with E-state index < -0.39 is 44.9 Å². The van der Waals surface area contributed by atoms with Crippen LogP contribution < -0.4 is 4.89 Å². The smallest absolute Gasteiger partial charge is 0.361 e. The molecule has 0 aromatic carbocycles. The average molecular weight is 226 g/mol. The molecule has 0 rings (SSSR count). The van der Waals surface area contributed by atoms with Crippen LogP contribution in [0.5, 0.6) is 0 Å². The van der Waals surface area contributed by atoms with Gasteiger partial charge in [0.05, 0.1) is 19.1 Å². The summed E-state index contributed by atoms with van der Waals surface area (Å²) in [6, 6.07) is 0. The molecule has 0 saturated carbocycles. The Morgan fingerprint density at radius 1 is 1.36 bits per heavy atom. The first kappa shape index (κ1) is 13.4. The van der Waals surface area contributed by atoms with E-state index in [0.717, 1.165) is 0 Å². The zero-order valence-corrected chi connectivity index (χ0v) is 8.05. The van der Waals surface area contributed by atoms with Crippen molar-refractivity contribution in [2.24, 2.45) is 5.92 Å². The van der Waals surface area contributed by atoms with Crippen molar-refractivity contribution in [1.82, 2.24) is 0 Å². The van der Waals surface area contributed by atoms with Crippen LogP contribution in [0.2, 0.25) is 0 Å². The Kier molecular flexibility index (Phi) is 5.11. The topological polar surface area (TPSA) is 138 Å². The third kappa shape index (κ3) is 2.08. The highest BCUT2D eigenvalue weighted by atomic mass is 31.1. The molecule has 0 aliphatic rings. The standard InChI is InChI=1S/C6H11O7P/c7-1-4(2-8)6(3-9,5(10)11)14(12)13/h4,7-9H,1-3H2,(H,10,11). The summed E-state index contributed by atoms with van der Waals surface area (Å²) in [4.78, 5) is 21.4. The van der Waals surface area contributed by atoms with Gasteiger partial charge >= 0.3 is 14.0 Å². The second-order valence-corrected chi connectivity index (χ2v) is 4.02. The lowest BCUT2D eigenvalue weighted by atomic mass is 9.93. The average Bonchev–Trinajstić information content (AvgIpc) is 2.12. The largest absolute Gasteiger partial charge is 0.595 e. The van der Waals surface area contributed by atoms with Crippen LogP contribution >= 0.6 is 8.03 Å². The van der Waals surface area contributed by atoms with Gasteiger partial charge in [0.2, 0.25) is 0 Å². The first-order valence-corrected chi connectivity index (χ1v) is 4.85. The fourth-order valence-corrected chi connectivity index (χ4v) is 1.75. The third-order valence-electron chi connectivity index (χ3n) is 2.05. The van der Waals surface area contributed by atoms with E-state index in [4.69, 9.17) is 20.4 Å². The molecule has 82 valence electrons. The van der Waals surface area contributed by atoms with E-state index in [1.807, 2.05) is 0 Å². The summed E-state index contributed by atoms with van der Waals surface area (Å²) in [7, 11) is -3.51. The van der Waals surface area contributed by atoms with E-state index in [1.165, 1.54) is 0 Å². The predicted octanol–water partition coefficient (Wildman–Crippen LogP) is -2.49. The Balaban J connectivity index is 5.22. The molecular weight excluding hydrogens is 215 g/mol. The minimum Gasteiger partial charge on any atom is -0.595 e. The maximum Gasteiger partial charge on any atom is 0.361 e. The normalized spacial score (nSPS) is 16.5. The Hall–Kier alpha value is -0.590. The zero-order valence-electron chi connectivity index (χ0n) is 7.16. The van der Waals surface area contributed by atoms with E-state index in [2.05, 4.69) is 0 Å². The summed E-state index contributed by atoms with van der Waals surface area (Å²) in [5.41, 5.74) is 0. The number of carboxylic acid groups (broad SMARTS) is 1. The molecule has 0 bridgehead atoms. The quantitative estimate of drug-likeness (QED) is 0.367. The van der Waals surface area contributed by atoms with Crippen LogP contribution in [0.25, 0.3) is 0 Å². The van der Waals surface area contributed by atoms with E-state index in [1.54, 1.807) is 0 Å². The van der Waals surface area contributed by atoms with Crippen molar-refractivity contribution in [2.45, 2.75) is 5.16 Å². The van der Waals surface area contributed by atoms with Crippen LogP contribution in [0, 0.1) is 5.92 Å². The van der Waals surface area contributed by atoms with E-state index in [-0.39, 0.29) is 0 Å². The Bertz CT molecular complexity index is 210. The molecule has 0 amide bonds. The second-order valence-electron chi connectivity index (χ2n) is 2.71. The second kappa shape index (κ2) is 5.33. The van der Waals surface area contributed by atoms with Crippen LogP contribution in [-0.4, -0.2) is 51.4 Å². The number of aliphatic hydroxyl groups is 3. The fraction of sp³-hybridized carbons (Fsp3) is 0.833. The molecule has 0 aliphatic heterocycles. The maximum atomic E-state index is 10.7. The van der Waals surface area contributed by atoms with E-state index in [9.17, 15) is 14.3 Å². The summed E-state index contributed by atoms with van der Waals surface area (Å²) in [5.74, 6) is -3.23. The number of carboxylic acids is 1. The highest BCUT2D eigenvalue weighted by Crippen LogP contribution is 2.38. The van der Waals surface area contributed by atoms with Crippen molar-refractivity contribution in [3.8, 4) is 0 Å². The maximum absolute atomic E-state index is 10.7. The van der Waals surface area contributed by atoms with Gasteiger partial charge in [-0.1, -0.05) is 4.57 Å². The number of hydrogen-bond donors (Lipinski definition) is 4. The fourth-order valence-electron chi connectivity index (χ4n) is 1.02. The predicted molar refractivity (Wildman–Crippen MR) is 42.7 cm³/mol. The van der Waals surface area contributed by atoms with Gasteiger partial charge in [-0.25, -0.2) is 4.79 Å². The Labute approximate surface area is 80.5 Å². The molecule has 0 fully saturated rings. The minimum absolute atomic E-state index is 0.841. The molecule has 4 N–H and O–H groups in total. The molecule has 0 aromatic heterocycles. The molecule has 2 atom stereocenters. The summed E-state index contributed by atoms with van der Waals surface area (Å²) in [6.07, 6.45) is 0. The molecule has 0 aromatic rings. The van der Waals surface area contributed by atoms with Crippen LogP contribution in [0.1, 0.15) is 0 Å². The van der Waals surface area contributed by atoms with Gasteiger partial charge in [-0.15, -0.1) is 0 Å². The van der Waals surface area contributed by atoms with Gasteiger partial charge in [0.1, 0.15) is 6.61 Å². The summed E-state index contributed by atoms with van der Waals surface area (Å²) in [5, 5.41) is 32.3. The summed E-state index contributed by atoms with van der Waals surface area (Å²) < 4.78 is 10.7. The number of aliphatic hydroxyl groups excluding tert-OH is 3. The van der Waals surface area contributed by atoms with Crippen molar-refractivity contribution < 1.29 is 34.7 Å². The number of hydrogen-bond acceptors (Lipinski definition) is 6. The SMILES string of the molecule is O=C(O)C(CO)(C(CO)CO)[P+](=O)[O-]. The minimum atomic E-state index is -3.51. The highest BCUT2D eigenvalue weighted by molar-refractivity contribution is 7.40. The molecule has 7 nitrogen and oxygen atoms in total. The van der Waals surface area contributed by atoms with Crippen molar-refractivity contribution in [3.05, 3.63) is 0 Å². The number of rotatable bonds is 6. The van der Waals surface area contributed by atoms with Crippen LogP contribution in [0.3, 0.4) is 0 Å². The molecular formula is C6H11O7P. The molecule has 14 heavy (non-hydrogen) atoms. The number of carbonyl (C=O) groups is 1. The van der Waals surface area contributed by atoms with Gasteiger partial charge in [-0.05, 0) is 0 Å². The molecule has 0 aliphatic carbocycles. The van der Waals surface area contributed by atoms with Crippen molar-refractivity contribution in [2.75, 3.05) is 19.8 Å². The lowest BCUT2D eigenvalue weighted by molar-refractivity contribution is -0.178. The van der Waals surface area contributed by atoms with Gasteiger partial charge in [-0.2, -0.15) is 0 Å². The molecule has 0 radical (unpaired) electrons. The molecule has 0 heterocycles. The lowest BCUT2D eigenvalue weighted by Gasteiger charge is -2.24. The van der Waals surface area contributed by atoms with Gasteiger partial charge in [0.25, 0.3) is 5.16 Å². The molecule has 8 heteroatoms. The summed E-state index contributed by atoms with van der Waals surface area (Å²) in [6.45, 7) is -2.87. The van der Waals surface area contributed by atoms with Crippen molar-refractivity contribution >= 4 is 14.0 Å². The lowest BCUT2D eigenvalue weighted by Crippen LogP contribution is -2.50. The third-order valence-corrected chi connectivity index (χ3v) is 3.40. The molecule has 2 unspecified atom stereocenters. The van der Waals surface area contributed by atoms with Gasteiger partial charge in [-0.3, -0.25) is 0 Å². The van der Waals surface area contributed by atoms with Gasteiger partial charge in [0.15, 0.2) is 0 Å². The van der Waals surface area contributed by atoms with Crippen LogP contribution in [0.15, 0.2) is 0 Å². The summed E-state index contributed by atoms with van der Waals surface area (Å²) >= 11 is 0. The van der Waals surface area contributed by atoms with Crippen molar-refractivity contribution in [1.29, 1.82) is 0 Å². The van der Waals surface area contributed by atoms with E-state index in [0.29, 0.717) is 0 Å². The Morgan fingerprint density at radius 3 is 1.86 bits per heavy atom.